The van der Waals surface area contributed by atoms with Crippen molar-refractivity contribution in [2.75, 3.05) is 20.8 Å². The number of ether oxygens (including phenoxy) is 3. The Morgan fingerprint density at radius 2 is 1.88 bits per heavy atom. The first-order valence-electron chi connectivity index (χ1n) is 12.6. The van der Waals surface area contributed by atoms with Crippen molar-refractivity contribution in [2.24, 2.45) is 4.99 Å². The van der Waals surface area contributed by atoms with Gasteiger partial charge in [-0.2, -0.15) is 0 Å². The lowest BCUT2D eigenvalue weighted by atomic mass is 9.95. The number of benzene rings is 2. The van der Waals surface area contributed by atoms with Gasteiger partial charge in [0.2, 0.25) is 0 Å². The maximum atomic E-state index is 13.9. The van der Waals surface area contributed by atoms with Crippen molar-refractivity contribution in [2.45, 2.75) is 19.9 Å². The van der Waals surface area contributed by atoms with Crippen molar-refractivity contribution >= 4 is 29.4 Å². The Labute approximate surface area is 238 Å². The number of esters is 1. The fourth-order valence-corrected chi connectivity index (χ4v) is 5.68. The molecular formula is C30H26N2O8S. The van der Waals surface area contributed by atoms with E-state index in [9.17, 15) is 19.5 Å². The molecule has 0 saturated carbocycles. The standard InChI is InChI=1S/C30H26N2O8S/c1-5-39-29(36)25-16(2)31-30-32(26(25)18-9-11-22(37-3)23(14-18)38-4)27(33)24(41-30)15-20-10-12-21(40-20)17-7-6-8-19(13-17)28(34)35/h6-15,26H,5H2,1-4H3,(H,34,35)/b24-15+. The molecule has 1 N–H and O–H groups in total. The number of carboxylic acids is 1. The number of fused-ring (bicyclic) bond motifs is 1. The van der Waals surface area contributed by atoms with E-state index in [1.165, 1.54) is 30.9 Å². The van der Waals surface area contributed by atoms with Crippen LogP contribution in [0, 0.1) is 0 Å². The summed E-state index contributed by atoms with van der Waals surface area (Å²) in [4.78, 5) is 43.3. The average molecular weight is 575 g/mol. The van der Waals surface area contributed by atoms with E-state index < -0.39 is 18.0 Å². The number of carboxylic acid groups (broad SMARTS) is 1. The van der Waals surface area contributed by atoms with Crippen LogP contribution < -0.4 is 24.4 Å². The number of carbonyl (C=O) groups excluding carboxylic acids is 1. The van der Waals surface area contributed by atoms with Crippen LogP contribution in [0.5, 0.6) is 11.5 Å². The van der Waals surface area contributed by atoms with Gasteiger partial charge in [-0.15, -0.1) is 0 Å². The SMILES string of the molecule is CCOC(=O)C1=C(C)N=c2s/c(=C/c3ccc(-c4cccc(C(=O)O)c4)o3)c(=O)n2C1c1ccc(OC)c(OC)c1. The number of aromatic carboxylic acids is 1. The van der Waals surface area contributed by atoms with E-state index in [0.29, 0.717) is 49.2 Å². The van der Waals surface area contributed by atoms with Gasteiger partial charge in [0, 0.05) is 11.6 Å². The lowest BCUT2D eigenvalue weighted by Gasteiger charge is -2.25. The molecule has 0 saturated heterocycles. The van der Waals surface area contributed by atoms with E-state index in [2.05, 4.69) is 4.99 Å². The Morgan fingerprint density at radius 3 is 2.59 bits per heavy atom. The van der Waals surface area contributed by atoms with Gasteiger partial charge in [0.15, 0.2) is 16.3 Å². The van der Waals surface area contributed by atoms with Gasteiger partial charge in [0.1, 0.15) is 11.5 Å². The number of thiazole rings is 1. The van der Waals surface area contributed by atoms with Crippen molar-refractivity contribution in [3.63, 3.8) is 0 Å². The molecule has 5 rings (SSSR count). The number of hydrogen-bond acceptors (Lipinski definition) is 9. The summed E-state index contributed by atoms with van der Waals surface area (Å²) in [6.45, 7) is 3.58. The molecule has 0 aliphatic carbocycles. The smallest absolute Gasteiger partial charge is 0.338 e. The molecule has 3 heterocycles. The quantitative estimate of drug-likeness (QED) is 0.315. The number of nitrogens with zero attached hydrogens (tertiary/aromatic N) is 2. The van der Waals surface area contributed by atoms with Gasteiger partial charge in [-0.05, 0) is 55.8 Å². The average Bonchev–Trinajstić information content (AvgIpc) is 3.56. The second-order valence-corrected chi connectivity index (χ2v) is 10.0. The molecule has 0 fully saturated rings. The van der Waals surface area contributed by atoms with Gasteiger partial charge in [-0.1, -0.05) is 29.5 Å². The van der Waals surface area contributed by atoms with Gasteiger partial charge in [0.05, 0.1) is 48.2 Å². The summed E-state index contributed by atoms with van der Waals surface area (Å²) >= 11 is 1.16. The molecule has 1 aliphatic rings. The first-order valence-corrected chi connectivity index (χ1v) is 13.4. The van der Waals surface area contributed by atoms with E-state index in [1.54, 1.807) is 62.4 Å². The summed E-state index contributed by atoms with van der Waals surface area (Å²) in [5, 5.41) is 9.30. The van der Waals surface area contributed by atoms with Crippen LogP contribution in [-0.2, 0) is 9.53 Å². The number of furan rings is 1. The number of carbonyl (C=O) groups is 2. The number of allylic oxidation sites excluding steroid dienone is 1. The third-order valence-corrected chi connectivity index (χ3v) is 7.52. The molecule has 11 heteroatoms. The number of rotatable bonds is 8. The van der Waals surface area contributed by atoms with E-state index >= 15 is 0 Å². The molecule has 210 valence electrons. The first kappa shape index (κ1) is 27.7. The number of hydrogen-bond donors (Lipinski definition) is 1. The molecule has 2 aromatic carbocycles. The number of methoxy groups -OCH3 is 2. The Hall–Kier alpha value is -4.90. The zero-order valence-electron chi connectivity index (χ0n) is 22.7. The monoisotopic (exact) mass is 574 g/mol. The van der Waals surface area contributed by atoms with Crippen LogP contribution in [0.1, 0.15) is 41.6 Å². The molecule has 0 spiro atoms. The largest absolute Gasteiger partial charge is 0.493 e. The minimum Gasteiger partial charge on any atom is -0.493 e. The molecule has 0 bridgehead atoms. The summed E-state index contributed by atoms with van der Waals surface area (Å²) in [5.74, 6) is 0.193. The molecule has 0 amide bonds. The highest BCUT2D eigenvalue weighted by Crippen LogP contribution is 2.36. The Morgan fingerprint density at radius 1 is 1.10 bits per heavy atom. The third kappa shape index (κ3) is 5.19. The molecule has 10 nitrogen and oxygen atoms in total. The maximum absolute atomic E-state index is 13.9. The van der Waals surface area contributed by atoms with E-state index in [1.807, 2.05) is 0 Å². The van der Waals surface area contributed by atoms with Crippen molar-refractivity contribution in [1.82, 2.24) is 4.57 Å². The second-order valence-electron chi connectivity index (χ2n) is 9.00. The lowest BCUT2D eigenvalue weighted by molar-refractivity contribution is -0.139. The van der Waals surface area contributed by atoms with Crippen molar-refractivity contribution in [3.05, 3.63) is 102 Å². The zero-order chi connectivity index (χ0) is 29.3. The van der Waals surface area contributed by atoms with Gasteiger partial charge >= 0.3 is 11.9 Å². The van der Waals surface area contributed by atoms with Gasteiger partial charge < -0.3 is 23.7 Å². The summed E-state index contributed by atoms with van der Waals surface area (Å²) in [6.07, 6.45) is 1.60. The van der Waals surface area contributed by atoms with Crippen molar-refractivity contribution in [3.8, 4) is 22.8 Å². The van der Waals surface area contributed by atoms with Crippen molar-refractivity contribution < 1.29 is 33.3 Å². The number of aromatic nitrogens is 1. The molecule has 4 aromatic rings. The van der Waals surface area contributed by atoms with Gasteiger partial charge in [-0.25, -0.2) is 14.6 Å². The van der Waals surface area contributed by atoms with E-state index in [0.717, 1.165) is 11.3 Å². The van der Waals surface area contributed by atoms with Crippen LogP contribution >= 0.6 is 11.3 Å². The fraction of sp³-hybridized carbons (Fsp3) is 0.200. The van der Waals surface area contributed by atoms with E-state index in [4.69, 9.17) is 18.6 Å². The molecule has 2 aromatic heterocycles. The molecule has 1 unspecified atom stereocenters. The summed E-state index contributed by atoms with van der Waals surface area (Å²) in [7, 11) is 3.04. The van der Waals surface area contributed by atoms with Gasteiger partial charge in [-0.3, -0.25) is 9.36 Å². The summed E-state index contributed by atoms with van der Waals surface area (Å²) < 4.78 is 23.9. The third-order valence-electron chi connectivity index (χ3n) is 6.53. The van der Waals surface area contributed by atoms with Crippen LogP contribution in [0.4, 0.5) is 0 Å². The Balaban J connectivity index is 1.64. The molecule has 41 heavy (non-hydrogen) atoms. The summed E-state index contributed by atoms with van der Waals surface area (Å²) in [5.41, 5.74) is 1.66. The highest BCUT2D eigenvalue weighted by atomic mass is 32.1. The van der Waals surface area contributed by atoms with Gasteiger partial charge in [0.25, 0.3) is 5.56 Å². The Bertz CT molecular complexity index is 1880. The highest BCUT2D eigenvalue weighted by Gasteiger charge is 2.34. The minimum absolute atomic E-state index is 0.136. The lowest BCUT2D eigenvalue weighted by Crippen LogP contribution is -2.39. The first-order chi connectivity index (χ1) is 19.7. The molecule has 1 atom stereocenters. The van der Waals surface area contributed by atoms with Crippen LogP contribution in [0.2, 0.25) is 0 Å². The summed E-state index contributed by atoms with van der Waals surface area (Å²) in [6, 6.07) is 14.2. The van der Waals surface area contributed by atoms with Crippen LogP contribution in [0.25, 0.3) is 17.4 Å². The fourth-order valence-electron chi connectivity index (χ4n) is 4.65. The van der Waals surface area contributed by atoms with Crippen LogP contribution in [0.15, 0.2) is 80.1 Å². The zero-order valence-corrected chi connectivity index (χ0v) is 23.5. The van der Waals surface area contributed by atoms with E-state index in [-0.39, 0.29) is 23.3 Å². The predicted octanol–water partition coefficient (Wildman–Crippen LogP) is 3.77. The highest BCUT2D eigenvalue weighted by molar-refractivity contribution is 7.07. The second kappa shape index (κ2) is 11.3. The molecule has 1 aliphatic heterocycles. The van der Waals surface area contributed by atoms with Crippen molar-refractivity contribution in [1.29, 1.82) is 0 Å². The van der Waals surface area contributed by atoms with Crippen LogP contribution in [0.3, 0.4) is 0 Å². The normalized spacial score (nSPS) is 14.8. The minimum atomic E-state index is -1.04. The Kier molecular flexibility index (Phi) is 7.62. The predicted molar refractivity (Wildman–Crippen MR) is 151 cm³/mol. The van der Waals surface area contributed by atoms with Crippen LogP contribution in [-0.4, -0.2) is 42.4 Å². The topological polar surface area (TPSA) is 130 Å². The molecule has 0 radical (unpaired) electrons. The maximum Gasteiger partial charge on any atom is 0.338 e. The molecular weight excluding hydrogens is 548 g/mol.